The summed E-state index contributed by atoms with van der Waals surface area (Å²) in [4.78, 5) is 34.0. The number of aromatic nitrogens is 2. The molecule has 1 saturated heterocycles. The number of nitrogens with zero attached hydrogens (tertiary/aromatic N) is 2. The summed E-state index contributed by atoms with van der Waals surface area (Å²) in [7, 11) is 1.73. The van der Waals surface area contributed by atoms with Crippen LogP contribution in [0.1, 0.15) is 33.8 Å². The summed E-state index contributed by atoms with van der Waals surface area (Å²) >= 11 is 23.5. The first kappa shape index (κ1) is 19.4. The van der Waals surface area contributed by atoms with Crippen LogP contribution in [0.4, 0.5) is 0 Å². The predicted octanol–water partition coefficient (Wildman–Crippen LogP) is 4.33. The lowest BCUT2D eigenvalue weighted by atomic mass is 10.0. The van der Waals surface area contributed by atoms with Crippen molar-refractivity contribution in [3.63, 3.8) is 0 Å². The van der Waals surface area contributed by atoms with Crippen molar-refractivity contribution in [3.05, 3.63) is 43.9 Å². The van der Waals surface area contributed by atoms with Gasteiger partial charge >= 0.3 is 0 Å². The fourth-order valence-corrected chi connectivity index (χ4v) is 3.65. The van der Waals surface area contributed by atoms with Gasteiger partial charge in [-0.3, -0.25) is 9.59 Å². The molecule has 1 aliphatic rings. The number of hydrogen-bond acceptors (Lipinski definition) is 2. The second-order valence-corrected chi connectivity index (χ2v) is 7.70. The van der Waals surface area contributed by atoms with Crippen molar-refractivity contribution in [1.29, 1.82) is 0 Å². The summed E-state index contributed by atoms with van der Waals surface area (Å²) < 4.78 is 0. The van der Waals surface area contributed by atoms with Crippen molar-refractivity contribution < 1.29 is 9.59 Å². The summed E-state index contributed by atoms with van der Waals surface area (Å²) in [5, 5.41) is 1.12. The van der Waals surface area contributed by atoms with Crippen molar-refractivity contribution in [3.8, 4) is 0 Å². The fraction of sp³-hybridized carbons (Fsp3) is 0.375. The molecule has 0 aliphatic carbocycles. The van der Waals surface area contributed by atoms with Crippen LogP contribution in [-0.2, 0) is 0 Å². The number of hydrogen-bond donors (Lipinski definition) is 2. The lowest BCUT2D eigenvalue weighted by Crippen LogP contribution is -2.47. The van der Waals surface area contributed by atoms with Gasteiger partial charge in [-0.05, 0) is 25.0 Å². The van der Waals surface area contributed by atoms with Gasteiger partial charge in [-0.2, -0.15) is 0 Å². The number of rotatable bonds is 3. The Morgan fingerprint density at radius 1 is 1.00 bits per heavy atom. The number of nitrogens with one attached hydrogen (secondary N) is 2. The average molecular weight is 438 g/mol. The Balaban J connectivity index is 1.60. The van der Waals surface area contributed by atoms with Crippen LogP contribution in [0.5, 0.6) is 0 Å². The first-order valence-corrected chi connectivity index (χ1v) is 9.43. The van der Waals surface area contributed by atoms with Crippen LogP contribution in [0.15, 0.2) is 12.1 Å². The summed E-state index contributed by atoms with van der Waals surface area (Å²) in [5.74, 6) is -0.347. The van der Waals surface area contributed by atoms with E-state index in [9.17, 15) is 9.59 Å². The first-order chi connectivity index (χ1) is 12.3. The molecule has 0 radical (unpaired) electrons. The molecule has 2 aromatic heterocycles. The molecule has 0 atom stereocenters. The molecule has 2 amide bonds. The van der Waals surface area contributed by atoms with E-state index in [1.54, 1.807) is 16.8 Å². The topological polar surface area (TPSA) is 72.2 Å². The molecule has 6 nitrogen and oxygen atoms in total. The van der Waals surface area contributed by atoms with Gasteiger partial charge in [0.15, 0.2) is 0 Å². The van der Waals surface area contributed by atoms with Gasteiger partial charge in [-0.1, -0.05) is 46.4 Å². The lowest BCUT2D eigenvalue weighted by molar-refractivity contribution is 0.0564. The van der Waals surface area contributed by atoms with Crippen LogP contribution in [0.2, 0.25) is 20.4 Å². The number of likely N-dealkylation sites (tertiary alicyclic amines) is 1. The van der Waals surface area contributed by atoms with Crippen LogP contribution in [-0.4, -0.2) is 57.8 Å². The number of amides is 2. The number of halogens is 4. The van der Waals surface area contributed by atoms with Crippen molar-refractivity contribution in [2.75, 3.05) is 20.1 Å². The minimum absolute atomic E-state index is 0.0169. The Bertz CT molecular complexity index is 800. The third kappa shape index (κ3) is 3.83. The molecule has 0 aromatic carbocycles. The number of aromatic amines is 2. The molecule has 0 saturated carbocycles. The quantitative estimate of drug-likeness (QED) is 0.749. The van der Waals surface area contributed by atoms with Gasteiger partial charge in [0.05, 0.1) is 10.0 Å². The van der Waals surface area contributed by atoms with Gasteiger partial charge in [0, 0.05) is 26.2 Å². The highest BCUT2D eigenvalue weighted by Gasteiger charge is 2.29. The second-order valence-electron chi connectivity index (χ2n) is 6.13. The van der Waals surface area contributed by atoms with Crippen molar-refractivity contribution in [1.82, 2.24) is 19.8 Å². The molecule has 10 heteroatoms. The average Bonchev–Trinajstić information content (AvgIpc) is 3.15. The molecular formula is C16H16Cl4N4O2. The van der Waals surface area contributed by atoms with E-state index >= 15 is 0 Å². The van der Waals surface area contributed by atoms with E-state index in [4.69, 9.17) is 46.4 Å². The maximum Gasteiger partial charge on any atom is 0.270 e. The molecule has 3 rings (SSSR count). The normalized spacial score (nSPS) is 15.3. The Morgan fingerprint density at radius 3 is 1.96 bits per heavy atom. The standard InChI is InChI=1S/C16H16Cl4N4O2/c1-23(15(25)11-6-9(17)13(19)21-11)8-2-4-24(5-3-8)16(26)12-7-10(18)14(20)22-12/h6-8,21-22H,2-5H2,1H3. The Hall–Kier alpha value is -1.34. The van der Waals surface area contributed by atoms with Crippen molar-refractivity contribution in [2.45, 2.75) is 18.9 Å². The monoisotopic (exact) mass is 436 g/mol. The number of H-pyrrole nitrogens is 2. The third-order valence-electron chi connectivity index (χ3n) is 4.53. The molecule has 140 valence electrons. The molecule has 2 N–H and O–H groups in total. The van der Waals surface area contributed by atoms with Gasteiger partial charge in [0.2, 0.25) is 0 Å². The summed E-state index contributed by atoms with van der Waals surface area (Å²) in [5.41, 5.74) is 0.704. The zero-order chi connectivity index (χ0) is 19.0. The van der Waals surface area contributed by atoms with E-state index in [0.717, 1.165) is 0 Å². The maximum absolute atomic E-state index is 12.5. The highest BCUT2D eigenvalue weighted by molar-refractivity contribution is 6.42. The highest BCUT2D eigenvalue weighted by atomic mass is 35.5. The predicted molar refractivity (Wildman–Crippen MR) is 103 cm³/mol. The zero-order valence-corrected chi connectivity index (χ0v) is 16.8. The van der Waals surface area contributed by atoms with Crippen LogP contribution in [0.25, 0.3) is 0 Å². The summed E-state index contributed by atoms with van der Waals surface area (Å²) in [6.07, 6.45) is 1.33. The minimum atomic E-state index is -0.188. The maximum atomic E-state index is 12.5. The van der Waals surface area contributed by atoms with Crippen LogP contribution in [0.3, 0.4) is 0 Å². The van der Waals surface area contributed by atoms with E-state index in [0.29, 0.717) is 47.4 Å². The minimum Gasteiger partial charge on any atom is -0.340 e. The third-order valence-corrected chi connectivity index (χ3v) is 5.92. The van der Waals surface area contributed by atoms with E-state index in [2.05, 4.69) is 9.97 Å². The van der Waals surface area contributed by atoms with Crippen LogP contribution >= 0.6 is 46.4 Å². The van der Waals surface area contributed by atoms with Crippen LogP contribution < -0.4 is 0 Å². The number of piperidine rings is 1. The SMILES string of the molecule is CN(C(=O)c1cc(Cl)c(Cl)[nH]1)C1CCN(C(=O)c2cc(Cl)c(Cl)[nH]2)CC1. The van der Waals surface area contributed by atoms with E-state index in [1.807, 2.05) is 0 Å². The molecule has 0 unspecified atom stereocenters. The second kappa shape index (κ2) is 7.72. The van der Waals surface area contributed by atoms with E-state index < -0.39 is 0 Å². The molecule has 0 spiro atoms. The number of carbonyl (C=O) groups is 2. The summed E-state index contributed by atoms with van der Waals surface area (Å²) in [6, 6.07) is 3.05. The Kier molecular flexibility index (Phi) is 5.77. The zero-order valence-electron chi connectivity index (χ0n) is 13.8. The van der Waals surface area contributed by atoms with Gasteiger partial charge in [0.25, 0.3) is 11.8 Å². The summed E-state index contributed by atoms with van der Waals surface area (Å²) in [6.45, 7) is 1.06. The van der Waals surface area contributed by atoms with E-state index in [-0.39, 0.29) is 28.2 Å². The molecule has 3 heterocycles. The molecular weight excluding hydrogens is 422 g/mol. The van der Waals surface area contributed by atoms with Gasteiger partial charge < -0.3 is 19.8 Å². The van der Waals surface area contributed by atoms with Crippen molar-refractivity contribution in [2.24, 2.45) is 0 Å². The van der Waals surface area contributed by atoms with Crippen LogP contribution in [0, 0.1) is 0 Å². The first-order valence-electron chi connectivity index (χ1n) is 7.92. The smallest absolute Gasteiger partial charge is 0.270 e. The molecule has 0 bridgehead atoms. The molecule has 2 aromatic rings. The fourth-order valence-electron chi connectivity index (χ4n) is 3.02. The highest BCUT2D eigenvalue weighted by Crippen LogP contribution is 2.26. The molecule has 26 heavy (non-hydrogen) atoms. The van der Waals surface area contributed by atoms with Gasteiger partial charge in [0.1, 0.15) is 21.7 Å². The lowest BCUT2D eigenvalue weighted by Gasteiger charge is -2.36. The molecule has 1 fully saturated rings. The Morgan fingerprint density at radius 2 is 1.50 bits per heavy atom. The largest absolute Gasteiger partial charge is 0.340 e. The van der Waals surface area contributed by atoms with E-state index in [1.165, 1.54) is 12.1 Å². The van der Waals surface area contributed by atoms with Gasteiger partial charge in [-0.25, -0.2) is 0 Å². The Labute approximate surface area is 170 Å². The van der Waals surface area contributed by atoms with Gasteiger partial charge in [-0.15, -0.1) is 0 Å². The molecule has 1 aliphatic heterocycles. The number of carbonyl (C=O) groups excluding carboxylic acids is 2. The van der Waals surface area contributed by atoms with Crippen molar-refractivity contribution >= 4 is 58.2 Å².